The third-order valence-corrected chi connectivity index (χ3v) is 4.32. The van der Waals surface area contributed by atoms with Gasteiger partial charge >= 0.3 is 0 Å². The first-order valence-electron chi connectivity index (χ1n) is 6.91. The number of thiophene rings is 1. The van der Waals surface area contributed by atoms with E-state index in [1.54, 1.807) is 5.38 Å². The molecule has 116 valence electrons. The lowest BCUT2D eigenvalue weighted by molar-refractivity contribution is 0.100. The van der Waals surface area contributed by atoms with Crippen LogP contribution in [0.25, 0.3) is 0 Å². The van der Waals surface area contributed by atoms with Crippen molar-refractivity contribution in [2.24, 2.45) is 5.73 Å². The Bertz CT molecular complexity index is 694. The number of carbonyl (C=O) groups is 2. The van der Waals surface area contributed by atoms with Crippen molar-refractivity contribution in [3.63, 3.8) is 0 Å². The molecule has 2 amide bonds. The predicted molar refractivity (Wildman–Crippen MR) is 90.8 cm³/mol. The Kier molecular flexibility index (Phi) is 4.82. The van der Waals surface area contributed by atoms with Crippen molar-refractivity contribution < 1.29 is 9.59 Å². The molecule has 0 saturated heterocycles. The molecule has 0 fully saturated rings. The van der Waals surface area contributed by atoms with Gasteiger partial charge in [-0.25, -0.2) is 0 Å². The molecule has 6 heteroatoms. The molecule has 2 aromatic rings. The topological polar surface area (TPSA) is 75.4 Å². The third kappa shape index (κ3) is 3.65. The number of hydrogen-bond donors (Lipinski definition) is 2. The van der Waals surface area contributed by atoms with E-state index in [9.17, 15) is 9.59 Å². The molecular weight excluding hydrogens is 298 g/mol. The summed E-state index contributed by atoms with van der Waals surface area (Å²) >= 11 is 1.20. The SMILES string of the molecule is CC(C)N(C)c1cccc(NC(=O)c2cc(C(N)=O)cs2)c1. The summed E-state index contributed by atoms with van der Waals surface area (Å²) in [6.45, 7) is 4.20. The van der Waals surface area contributed by atoms with Crippen LogP contribution in [0.15, 0.2) is 35.7 Å². The van der Waals surface area contributed by atoms with Gasteiger partial charge in [0.15, 0.2) is 0 Å². The van der Waals surface area contributed by atoms with Gasteiger partial charge in [-0.05, 0) is 38.1 Å². The van der Waals surface area contributed by atoms with Crippen molar-refractivity contribution in [2.45, 2.75) is 19.9 Å². The van der Waals surface area contributed by atoms with E-state index in [0.717, 1.165) is 5.69 Å². The summed E-state index contributed by atoms with van der Waals surface area (Å²) in [6, 6.07) is 9.51. The van der Waals surface area contributed by atoms with Crippen LogP contribution < -0.4 is 16.0 Å². The van der Waals surface area contributed by atoms with Crippen molar-refractivity contribution in [1.29, 1.82) is 0 Å². The molecular formula is C16H19N3O2S. The molecule has 5 nitrogen and oxygen atoms in total. The molecule has 0 aliphatic rings. The van der Waals surface area contributed by atoms with Gasteiger partial charge in [-0.1, -0.05) is 6.07 Å². The Balaban J connectivity index is 2.14. The summed E-state index contributed by atoms with van der Waals surface area (Å²) in [6.07, 6.45) is 0. The molecule has 0 bridgehead atoms. The van der Waals surface area contributed by atoms with E-state index in [4.69, 9.17) is 5.73 Å². The first-order chi connectivity index (χ1) is 10.4. The molecule has 0 atom stereocenters. The van der Waals surface area contributed by atoms with Gasteiger partial charge in [-0.3, -0.25) is 9.59 Å². The first-order valence-corrected chi connectivity index (χ1v) is 7.79. The average molecular weight is 317 g/mol. The van der Waals surface area contributed by atoms with E-state index in [1.807, 2.05) is 31.3 Å². The smallest absolute Gasteiger partial charge is 0.265 e. The molecule has 1 aromatic carbocycles. The van der Waals surface area contributed by atoms with Gasteiger partial charge in [0.1, 0.15) is 0 Å². The number of nitrogens with one attached hydrogen (secondary N) is 1. The van der Waals surface area contributed by atoms with Crippen LogP contribution in [-0.4, -0.2) is 24.9 Å². The highest BCUT2D eigenvalue weighted by atomic mass is 32.1. The van der Waals surface area contributed by atoms with E-state index in [2.05, 4.69) is 24.1 Å². The zero-order valence-corrected chi connectivity index (χ0v) is 13.6. The summed E-state index contributed by atoms with van der Waals surface area (Å²) in [4.78, 5) is 25.8. The maximum absolute atomic E-state index is 12.2. The van der Waals surface area contributed by atoms with Crippen molar-refractivity contribution >= 4 is 34.5 Å². The number of rotatable bonds is 5. The van der Waals surface area contributed by atoms with E-state index in [1.165, 1.54) is 17.4 Å². The minimum absolute atomic E-state index is 0.248. The highest BCUT2D eigenvalue weighted by Gasteiger charge is 2.12. The molecule has 1 aromatic heterocycles. The first kappa shape index (κ1) is 16.0. The van der Waals surface area contributed by atoms with Crippen LogP contribution in [0.4, 0.5) is 11.4 Å². The molecule has 2 rings (SSSR count). The second-order valence-corrected chi connectivity index (χ2v) is 6.18. The highest BCUT2D eigenvalue weighted by Crippen LogP contribution is 2.22. The second-order valence-electron chi connectivity index (χ2n) is 5.27. The van der Waals surface area contributed by atoms with Gasteiger partial charge in [0.05, 0.1) is 10.4 Å². The van der Waals surface area contributed by atoms with Gasteiger partial charge < -0.3 is 16.0 Å². The van der Waals surface area contributed by atoms with Crippen molar-refractivity contribution in [1.82, 2.24) is 0 Å². The quantitative estimate of drug-likeness (QED) is 0.890. The molecule has 0 spiro atoms. The van der Waals surface area contributed by atoms with Crippen molar-refractivity contribution in [3.05, 3.63) is 46.2 Å². The molecule has 1 heterocycles. The fraction of sp³-hybridized carbons (Fsp3) is 0.250. The second kappa shape index (κ2) is 6.62. The number of anilines is 2. The number of amides is 2. The third-order valence-electron chi connectivity index (χ3n) is 3.39. The van der Waals surface area contributed by atoms with Gasteiger partial charge in [-0.15, -0.1) is 11.3 Å². The number of benzene rings is 1. The largest absolute Gasteiger partial charge is 0.372 e. The molecule has 0 saturated carbocycles. The van der Waals surface area contributed by atoms with Crippen LogP contribution >= 0.6 is 11.3 Å². The Morgan fingerprint density at radius 1 is 1.27 bits per heavy atom. The zero-order chi connectivity index (χ0) is 16.3. The monoisotopic (exact) mass is 317 g/mol. The van der Waals surface area contributed by atoms with E-state index < -0.39 is 5.91 Å². The molecule has 3 N–H and O–H groups in total. The lowest BCUT2D eigenvalue weighted by Crippen LogP contribution is -2.25. The molecule has 0 radical (unpaired) electrons. The lowest BCUT2D eigenvalue weighted by Gasteiger charge is -2.24. The fourth-order valence-corrected chi connectivity index (χ4v) is 2.67. The van der Waals surface area contributed by atoms with Crippen LogP contribution in [0.1, 0.15) is 33.9 Å². The highest BCUT2D eigenvalue weighted by molar-refractivity contribution is 7.12. The number of hydrogen-bond acceptors (Lipinski definition) is 4. The molecule has 0 aliphatic carbocycles. The van der Waals surface area contributed by atoms with E-state index >= 15 is 0 Å². The van der Waals surface area contributed by atoms with Crippen LogP contribution in [0.2, 0.25) is 0 Å². The minimum Gasteiger partial charge on any atom is -0.372 e. The predicted octanol–water partition coefficient (Wildman–Crippen LogP) is 2.94. The number of nitrogens with two attached hydrogens (primary N) is 1. The van der Waals surface area contributed by atoms with E-state index in [0.29, 0.717) is 22.2 Å². The van der Waals surface area contributed by atoms with Crippen LogP contribution in [0.5, 0.6) is 0 Å². The maximum Gasteiger partial charge on any atom is 0.265 e. The van der Waals surface area contributed by atoms with Crippen molar-refractivity contribution in [3.8, 4) is 0 Å². The average Bonchev–Trinajstić information content (AvgIpc) is 2.96. The number of nitrogens with zero attached hydrogens (tertiary/aromatic N) is 1. The summed E-state index contributed by atoms with van der Waals surface area (Å²) in [7, 11) is 2.00. The minimum atomic E-state index is -0.532. The number of primary amides is 1. The summed E-state index contributed by atoms with van der Waals surface area (Å²) in [5, 5.41) is 4.42. The Labute approximate surface area is 133 Å². The van der Waals surface area contributed by atoms with Crippen LogP contribution in [-0.2, 0) is 0 Å². The molecule has 0 aliphatic heterocycles. The molecule has 22 heavy (non-hydrogen) atoms. The standard InChI is InChI=1S/C16H19N3O2S/c1-10(2)19(3)13-6-4-5-12(8-13)18-16(21)14-7-11(9-22-14)15(17)20/h4-10H,1-3H3,(H2,17,20)(H,18,21). The summed E-state index contributed by atoms with van der Waals surface area (Å²) in [5.41, 5.74) is 7.28. The Morgan fingerprint density at radius 2 is 2.00 bits per heavy atom. The lowest BCUT2D eigenvalue weighted by atomic mass is 10.2. The van der Waals surface area contributed by atoms with Crippen LogP contribution in [0.3, 0.4) is 0 Å². The van der Waals surface area contributed by atoms with Gasteiger partial charge in [0.2, 0.25) is 5.91 Å². The Morgan fingerprint density at radius 3 is 2.59 bits per heavy atom. The fourth-order valence-electron chi connectivity index (χ4n) is 1.88. The molecule has 0 unspecified atom stereocenters. The maximum atomic E-state index is 12.2. The van der Waals surface area contributed by atoms with E-state index in [-0.39, 0.29) is 5.91 Å². The van der Waals surface area contributed by atoms with Crippen molar-refractivity contribution in [2.75, 3.05) is 17.3 Å². The summed E-state index contributed by atoms with van der Waals surface area (Å²) in [5.74, 6) is -0.780. The normalized spacial score (nSPS) is 10.5. The number of carbonyl (C=O) groups excluding carboxylic acids is 2. The Hall–Kier alpha value is -2.34. The summed E-state index contributed by atoms with van der Waals surface area (Å²) < 4.78 is 0. The van der Waals surface area contributed by atoms with Gasteiger partial charge in [0.25, 0.3) is 5.91 Å². The van der Waals surface area contributed by atoms with Gasteiger partial charge in [0, 0.05) is 29.8 Å². The zero-order valence-electron chi connectivity index (χ0n) is 12.8. The van der Waals surface area contributed by atoms with Gasteiger partial charge in [-0.2, -0.15) is 0 Å². The van der Waals surface area contributed by atoms with Crippen LogP contribution in [0, 0.1) is 0 Å².